The van der Waals surface area contributed by atoms with Crippen molar-refractivity contribution in [3.63, 3.8) is 0 Å². The van der Waals surface area contributed by atoms with E-state index in [4.69, 9.17) is 4.74 Å². The second-order valence-electron chi connectivity index (χ2n) is 9.07. The second kappa shape index (κ2) is 11.9. The van der Waals surface area contributed by atoms with Crippen LogP contribution in [0.2, 0.25) is 0 Å². The molecule has 2 heterocycles. The average Bonchev–Trinajstić information content (AvgIpc) is 3.19. The molecule has 0 bridgehead atoms. The first kappa shape index (κ1) is 24.7. The van der Waals surface area contributed by atoms with E-state index >= 15 is 0 Å². The van der Waals surface area contributed by atoms with Gasteiger partial charge >= 0.3 is 0 Å². The molecule has 0 N–H and O–H groups in total. The normalized spacial score (nSPS) is 11.3. The monoisotopic (exact) mass is 468 g/mol. The quantitative estimate of drug-likeness (QED) is 0.165. The number of ketones is 1. The SMILES string of the molecule is CCCN(CCC)CCCOc1ccc(C(=O)c2c(-c3ccccc3)c(C)c3ccccn23)cc1. The third-order valence-electron chi connectivity index (χ3n) is 6.46. The largest absolute Gasteiger partial charge is 0.494 e. The Morgan fingerprint density at radius 2 is 1.54 bits per heavy atom. The molecule has 0 amide bonds. The Balaban J connectivity index is 1.51. The van der Waals surface area contributed by atoms with Crippen molar-refractivity contribution in [1.29, 1.82) is 0 Å². The van der Waals surface area contributed by atoms with Crippen molar-refractivity contribution in [2.75, 3.05) is 26.2 Å². The highest BCUT2D eigenvalue weighted by Gasteiger charge is 2.23. The third-order valence-corrected chi connectivity index (χ3v) is 6.46. The lowest BCUT2D eigenvalue weighted by Crippen LogP contribution is -2.27. The van der Waals surface area contributed by atoms with Gasteiger partial charge in [-0.3, -0.25) is 4.79 Å². The minimum absolute atomic E-state index is 0.0134. The molecule has 4 nitrogen and oxygen atoms in total. The van der Waals surface area contributed by atoms with Gasteiger partial charge in [-0.25, -0.2) is 0 Å². The summed E-state index contributed by atoms with van der Waals surface area (Å²) in [6, 6.07) is 23.8. The number of rotatable bonds is 12. The minimum Gasteiger partial charge on any atom is -0.494 e. The number of benzene rings is 2. The van der Waals surface area contributed by atoms with Crippen molar-refractivity contribution >= 4 is 11.3 Å². The maximum atomic E-state index is 13.8. The van der Waals surface area contributed by atoms with Gasteiger partial charge in [0.2, 0.25) is 5.78 Å². The number of fused-ring (bicyclic) bond motifs is 1. The van der Waals surface area contributed by atoms with E-state index in [1.165, 1.54) is 12.8 Å². The zero-order valence-corrected chi connectivity index (χ0v) is 21.2. The van der Waals surface area contributed by atoms with Crippen LogP contribution >= 0.6 is 0 Å². The van der Waals surface area contributed by atoms with E-state index in [0.717, 1.165) is 54.0 Å². The van der Waals surface area contributed by atoms with Gasteiger partial charge in [0, 0.05) is 29.4 Å². The molecule has 0 saturated heterocycles. The number of hydrogen-bond acceptors (Lipinski definition) is 3. The Morgan fingerprint density at radius 1 is 0.857 bits per heavy atom. The first-order chi connectivity index (χ1) is 17.1. The summed E-state index contributed by atoms with van der Waals surface area (Å²) in [6.07, 6.45) is 5.33. The minimum atomic E-state index is 0.0134. The molecular formula is C31H36N2O2. The van der Waals surface area contributed by atoms with Crippen molar-refractivity contribution < 1.29 is 9.53 Å². The standard InChI is InChI=1S/C31H36N2O2/c1-4-19-32(20-5-2)21-11-23-35-27-17-15-26(16-18-27)31(34)30-29(25-12-7-6-8-13-25)24(3)28-14-9-10-22-33(28)30/h6-10,12-18,22H,4-5,11,19-21,23H2,1-3H3. The number of carbonyl (C=O) groups is 1. The summed E-state index contributed by atoms with van der Waals surface area (Å²) in [5, 5.41) is 0. The zero-order chi connectivity index (χ0) is 24.6. The first-order valence-electron chi connectivity index (χ1n) is 12.8. The van der Waals surface area contributed by atoms with Crippen molar-refractivity contribution in [2.24, 2.45) is 0 Å². The maximum absolute atomic E-state index is 13.8. The van der Waals surface area contributed by atoms with Crippen LogP contribution in [-0.4, -0.2) is 41.3 Å². The van der Waals surface area contributed by atoms with Crippen molar-refractivity contribution in [1.82, 2.24) is 9.30 Å². The molecule has 2 aromatic heterocycles. The van der Waals surface area contributed by atoms with Gasteiger partial charge in [0.1, 0.15) is 11.4 Å². The molecule has 0 radical (unpaired) electrons. The average molecular weight is 469 g/mol. The van der Waals surface area contributed by atoms with Crippen molar-refractivity contribution in [2.45, 2.75) is 40.0 Å². The van der Waals surface area contributed by atoms with Gasteiger partial charge in [0.25, 0.3) is 0 Å². The molecule has 2 aromatic carbocycles. The topological polar surface area (TPSA) is 34.0 Å². The summed E-state index contributed by atoms with van der Waals surface area (Å²) in [7, 11) is 0. The molecule has 4 aromatic rings. The van der Waals surface area contributed by atoms with Crippen LogP contribution in [0.3, 0.4) is 0 Å². The van der Waals surface area contributed by atoms with Crippen molar-refractivity contribution in [3.05, 3.63) is 95.8 Å². The first-order valence-corrected chi connectivity index (χ1v) is 12.8. The van der Waals surface area contributed by atoms with E-state index in [1.807, 2.05) is 65.2 Å². The van der Waals surface area contributed by atoms with Gasteiger partial charge < -0.3 is 14.0 Å². The molecule has 0 spiro atoms. The lowest BCUT2D eigenvalue weighted by atomic mass is 9.97. The van der Waals surface area contributed by atoms with Crippen LogP contribution in [0.1, 0.15) is 54.7 Å². The van der Waals surface area contributed by atoms with Crippen LogP contribution in [0.25, 0.3) is 16.6 Å². The number of aryl methyl sites for hydroxylation is 1. The number of hydrogen-bond donors (Lipinski definition) is 0. The number of carbonyl (C=O) groups excluding carboxylic acids is 1. The molecule has 35 heavy (non-hydrogen) atoms. The molecular weight excluding hydrogens is 432 g/mol. The van der Waals surface area contributed by atoms with Crippen LogP contribution in [0.4, 0.5) is 0 Å². The number of aromatic nitrogens is 1. The summed E-state index contributed by atoms with van der Waals surface area (Å²) in [5.41, 5.74) is 5.57. The molecule has 0 unspecified atom stereocenters. The zero-order valence-electron chi connectivity index (χ0n) is 21.2. The van der Waals surface area contributed by atoms with E-state index in [-0.39, 0.29) is 5.78 Å². The maximum Gasteiger partial charge on any atom is 0.210 e. The van der Waals surface area contributed by atoms with Crippen LogP contribution in [0.5, 0.6) is 5.75 Å². The van der Waals surface area contributed by atoms with Crippen LogP contribution in [-0.2, 0) is 0 Å². The van der Waals surface area contributed by atoms with Gasteiger partial charge in [0.15, 0.2) is 0 Å². The Morgan fingerprint density at radius 3 is 2.23 bits per heavy atom. The third kappa shape index (κ3) is 5.66. The smallest absolute Gasteiger partial charge is 0.210 e. The summed E-state index contributed by atoms with van der Waals surface area (Å²) in [4.78, 5) is 16.3. The number of ether oxygens (including phenoxy) is 1. The van der Waals surface area contributed by atoms with Crippen LogP contribution < -0.4 is 4.74 Å². The predicted octanol–water partition coefficient (Wildman–Crippen LogP) is 7.04. The van der Waals surface area contributed by atoms with E-state index in [0.29, 0.717) is 17.9 Å². The van der Waals surface area contributed by atoms with Gasteiger partial charge in [-0.05, 0) is 86.8 Å². The summed E-state index contributed by atoms with van der Waals surface area (Å²) >= 11 is 0. The Labute approximate surface area is 209 Å². The Hall–Kier alpha value is -3.37. The Bertz CT molecular complexity index is 1240. The molecule has 0 aliphatic rings. The van der Waals surface area contributed by atoms with Gasteiger partial charge in [-0.1, -0.05) is 50.2 Å². The summed E-state index contributed by atoms with van der Waals surface area (Å²) < 4.78 is 7.99. The fourth-order valence-corrected chi connectivity index (χ4v) is 4.84. The predicted molar refractivity (Wildman–Crippen MR) is 145 cm³/mol. The molecule has 0 aliphatic carbocycles. The lowest BCUT2D eigenvalue weighted by molar-refractivity contribution is 0.103. The van der Waals surface area contributed by atoms with E-state index < -0.39 is 0 Å². The number of nitrogens with zero attached hydrogens (tertiary/aromatic N) is 2. The van der Waals surface area contributed by atoms with E-state index in [2.05, 4.69) is 43.9 Å². The molecule has 0 atom stereocenters. The second-order valence-corrected chi connectivity index (χ2v) is 9.07. The van der Waals surface area contributed by atoms with E-state index in [1.54, 1.807) is 0 Å². The molecule has 0 fully saturated rings. The van der Waals surface area contributed by atoms with Gasteiger partial charge in [0.05, 0.1) is 6.61 Å². The number of pyridine rings is 1. The summed E-state index contributed by atoms with van der Waals surface area (Å²) in [5.74, 6) is 0.818. The van der Waals surface area contributed by atoms with Crippen LogP contribution in [0.15, 0.2) is 79.0 Å². The molecule has 4 rings (SSSR count). The molecule has 182 valence electrons. The lowest BCUT2D eigenvalue weighted by Gasteiger charge is -2.20. The Kier molecular flexibility index (Phi) is 8.38. The highest BCUT2D eigenvalue weighted by Crippen LogP contribution is 2.34. The van der Waals surface area contributed by atoms with E-state index in [9.17, 15) is 4.79 Å². The van der Waals surface area contributed by atoms with Crippen LogP contribution in [0, 0.1) is 6.92 Å². The highest BCUT2D eigenvalue weighted by molar-refractivity contribution is 6.13. The fourth-order valence-electron chi connectivity index (χ4n) is 4.84. The highest BCUT2D eigenvalue weighted by atomic mass is 16.5. The fraction of sp³-hybridized carbons (Fsp3) is 0.323. The van der Waals surface area contributed by atoms with Crippen molar-refractivity contribution in [3.8, 4) is 16.9 Å². The molecule has 4 heteroatoms. The van der Waals surface area contributed by atoms with Gasteiger partial charge in [-0.2, -0.15) is 0 Å². The van der Waals surface area contributed by atoms with Gasteiger partial charge in [-0.15, -0.1) is 0 Å². The summed E-state index contributed by atoms with van der Waals surface area (Å²) in [6.45, 7) is 10.6. The molecule has 0 aliphatic heterocycles. The molecule has 0 saturated carbocycles.